The van der Waals surface area contributed by atoms with E-state index in [2.05, 4.69) is 0 Å². The summed E-state index contributed by atoms with van der Waals surface area (Å²) in [5.41, 5.74) is 0.373. The van der Waals surface area contributed by atoms with Gasteiger partial charge in [-0.05, 0) is 30.9 Å². The first kappa shape index (κ1) is 18.3. The van der Waals surface area contributed by atoms with Crippen molar-refractivity contribution >= 4 is 16.1 Å². The van der Waals surface area contributed by atoms with Gasteiger partial charge in [0.15, 0.2) is 0 Å². The first-order valence-electron chi connectivity index (χ1n) is 8.75. The van der Waals surface area contributed by atoms with Crippen molar-refractivity contribution in [3.63, 3.8) is 0 Å². The minimum Gasteiger partial charge on any atom is -0.341 e. The fourth-order valence-corrected chi connectivity index (χ4v) is 5.09. The third kappa shape index (κ3) is 4.19. The Kier molecular flexibility index (Phi) is 5.71. The monoisotopic (exact) mass is 369 g/mol. The molecule has 0 spiro atoms. The van der Waals surface area contributed by atoms with Crippen LogP contribution in [0.4, 0.5) is 4.39 Å². The maximum absolute atomic E-state index is 13.7. The predicted molar refractivity (Wildman–Crippen MR) is 92.6 cm³/mol. The van der Waals surface area contributed by atoms with Crippen LogP contribution in [0.25, 0.3) is 0 Å². The normalized spacial score (nSPS) is 20.6. The molecule has 2 fully saturated rings. The van der Waals surface area contributed by atoms with Crippen molar-refractivity contribution in [2.45, 2.75) is 25.7 Å². The maximum atomic E-state index is 13.7. The fourth-order valence-electron chi connectivity index (χ4n) is 3.37. The van der Waals surface area contributed by atoms with Gasteiger partial charge in [-0.25, -0.2) is 4.39 Å². The van der Waals surface area contributed by atoms with Crippen molar-refractivity contribution in [1.82, 2.24) is 13.5 Å². The lowest BCUT2D eigenvalue weighted by Crippen LogP contribution is -2.44. The highest BCUT2D eigenvalue weighted by molar-refractivity contribution is 7.86. The zero-order valence-corrected chi connectivity index (χ0v) is 15.0. The summed E-state index contributed by atoms with van der Waals surface area (Å²) in [6, 6.07) is 6.25. The summed E-state index contributed by atoms with van der Waals surface area (Å²) < 4.78 is 42.0. The molecule has 1 aromatic rings. The van der Waals surface area contributed by atoms with Crippen molar-refractivity contribution in [1.29, 1.82) is 0 Å². The zero-order valence-electron chi connectivity index (χ0n) is 14.2. The van der Waals surface area contributed by atoms with Gasteiger partial charge in [0.2, 0.25) is 5.91 Å². The quantitative estimate of drug-likeness (QED) is 0.802. The molecule has 3 rings (SSSR count). The van der Waals surface area contributed by atoms with Crippen molar-refractivity contribution in [2.24, 2.45) is 0 Å². The molecule has 1 aromatic carbocycles. The van der Waals surface area contributed by atoms with Crippen LogP contribution >= 0.6 is 0 Å². The van der Waals surface area contributed by atoms with Gasteiger partial charge in [-0.1, -0.05) is 18.2 Å². The number of nitrogens with zero attached hydrogens (tertiary/aromatic N) is 3. The Hall–Kier alpha value is -1.51. The molecule has 2 aliphatic rings. The molecule has 138 valence electrons. The van der Waals surface area contributed by atoms with Gasteiger partial charge in [0.1, 0.15) is 5.82 Å². The third-order valence-corrected chi connectivity index (χ3v) is 6.86. The lowest BCUT2D eigenvalue weighted by molar-refractivity contribution is -0.130. The average molecular weight is 369 g/mol. The number of rotatable bonds is 4. The maximum Gasteiger partial charge on any atom is 0.282 e. The van der Waals surface area contributed by atoms with E-state index in [0.717, 1.165) is 12.8 Å². The molecule has 1 amide bonds. The molecule has 6 nitrogen and oxygen atoms in total. The van der Waals surface area contributed by atoms with Crippen LogP contribution in [0.5, 0.6) is 0 Å². The minimum atomic E-state index is -3.43. The van der Waals surface area contributed by atoms with Gasteiger partial charge < -0.3 is 4.90 Å². The topological polar surface area (TPSA) is 60.9 Å². The van der Waals surface area contributed by atoms with Crippen LogP contribution in [0.2, 0.25) is 0 Å². The molecule has 2 heterocycles. The molecule has 0 unspecified atom stereocenters. The first-order chi connectivity index (χ1) is 12.0. The Morgan fingerprint density at radius 3 is 2.28 bits per heavy atom. The molecule has 0 bridgehead atoms. The summed E-state index contributed by atoms with van der Waals surface area (Å²) in [4.78, 5) is 14.1. The Labute approximate surface area is 148 Å². The summed E-state index contributed by atoms with van der Waals surface area (Å²) in [7, 11) is -3.43. The number of hydrogen-bond donors (Lipinski definition) is 0. The highest BCUT2D eigenvalue weighted by Gasteiger charge is 2.33. The van der Waals surface area contributed by atoms with Crippen LogP contribution in [0.1, 0.15) is 24.8 Å². The largest absolute Gasteiger partial charge is 0.341 e. The van der Waals surface area contributed by atoms with Crippen molar-refractivity contribution < 1.29 is 17.6 Å². The number of carbonyl (C=O) groups excluding carboxylic acids is 1. The fraction of sp³-hybridized carbons (Fsp3) is 0.588. The first-order valence-corrected chi connectivity index (χ1v) is 10.1. The van der Waals surface area contributed by atoms with Gasteiger partial charge in [0, 0.05) is 39.3 Å². The number of benzene rings is 1. The number of hydrogen-bond acceptors (Lipinski definition) is 3. The van der Waals surface area contributed by atoms with Gasteiger partial charge in [0.25, 0.3) is 10.2 Å². The van der Waals surface area contributed by atoms with Gasteiger partial charge in [-0.3, -0.25) is 4.79 Å². The summed E-state index contributed by atoms with van der Waals surface area (Å²) in [5, 5.41) is 0. The summed E-state index contributed by atoms with van der Waals surface area (Å²) in [6.45, 7) is 2.72. The number of amides is 1. The van der Waals surface area contributed by atoms with Gasteiger partial charge >= 0.3 is 0 Å². The highest BCUT2D eigenvalue weighted by atomic mass is 32.2. The van der Waals surface area contributed by atoms with E-state index in [1.54, 1.807) is 23.1 Å². The Balaban J connectivity index is 1.61. The van der Waals surface area contributed by atoms with Crippen LogP contribution in [-0.4, -0.2) is 67.1 Å². The average Bonchev–Trinajstić information content (AvgIpc) is 3.02. The van der Waals surface area contributed by atoms with E-state index in [1.165, 1.54) is 14.7 Å². The van der Waals surface area contributed by atoms with Crippen molar-refractivity contribution in [2.75, 3.05) is 39.3 Å². The molecule has 25 heavy (non-hydrogen) atoms. The molecule has 2 saturated heterocycles. The third-order valence-electron chi connectivity index (χ3n) is 4.82. The molecule has 0 atom stereocenters. The molecule has 8 heteroatoms. The van der Waals surface area contributed by atoms with Crippen LogP contribution in [-0.2, 0) is 21.4 Å². The number of carbonyl (C=O) groups is 1. The van der Waals surface area contributed by atoms with E-state index in [0.29, 0.717) is 51.3 Å². The molecule has 0 N–H and O–H groups in total. The molecule has 0 saturated carbocycles. The zero-order chi connectivity index (χ0) is 17.9. The Bertz CT molecular complexity index is 720. The van der Waals surface area contributed by atoms with Crippen LogP contribution < -0.4 is 0 Å². The van der Waals surface area contributed by atoms with Gasteiger partial charge in [-0.2, -0.15) is 17.0 Å². The van der Waals surface area contributed by atoms with Gasteiger partial charge in [0.05, 0.1) is 6.42 Å². The molecular formula is C17H24FN3O3S. The second kappa shape index (κ2) is 7.80. The van der Waals surface area contributed by atoms with Crippen molar-refractivity contribution in [3.8, 4) is 0 Å². The SMILES string of the molecule is O=C(Cc1ccccc1F)N1CCCN(S(=O)(=O)N2CCCC2)CC1. The Morgan fingerprint density at radius 2 is 1.56 bits per heavy atom. The second-order valence-electron chi connectivity index (χ2n) is 6.52. The molecule has 0 aromatic heterocycles. The summed E-state index contributed by atoms with van der Waals surface area (Å²) in [6.07, 6.45) is 2.41. The Morgan fingerprint density at radius 1 is 0.920 bits per heavy atom. The lowest BCUT2D eigenvalue weighted by Gasteiger charge is -2.26. The van der Waals surface area contributed by atoms with E-state index in [1.807, 2.05) is 0 Å². The van der Waals surface area contributed by atoms with Crippen LogP contribution in [0.15, 0.2) is 24.3 Å². The van der Waals surface area contributed by atoms with Crippen LogP contribution in [0, 0.1) is 5.82 Å². The summed E-state index contributed by atoms with van der Waals surface area (Å²) in [5.74, 6) is -0.547. The second-order valence-corrected chi connectivity index (χ2v) is 8.44. The van der Waals surface area contributed by atoms with Gasteiger partial charge in [-0.15, -0.1) is 0 Å². The van der Waals surface area contributed by atoms with Crippen LogP contribution in [0.3, 0.4) is 0 Å². The highest BCUT2D eigenvalue weighted by Crippen LogP contribution is 2.18. The van der Waals surface area contributed by atoms with Crippen molar-refractivity contribution in [3.05, 3.63) is 35.6 Å². The summed E-state index contributed by atoms with van der Waals surface area (Å²) >= 11 is 0. The van der Waals surface area contributed by atoms with E-state index < -0.39 is 10.2 Å². The predicted octanol–water partition coefficient (Wildman–Crippen LogP) is 1.24. The lowest BCUT2D eigenvalue weighted by atomic mass is 10.1. The number of halogens is 1. The molecule has 2 aliphatic heterocycles. The van der Waals surface area contributed by atoms with E-state index >= 15 is 0 Å². The minimum absolute atomic E-state index is 0.00550. The molecule has 0 aliphatic carbocycles. The molecule has 0 radical (unpaired) electrons. The van der Waals surface area contributed by atoms with E-state index in [-0.39, 0.29) is 18.1 Å². The van der Waals surface area contributed by atoms with E-state index in [9.17, 15) is 17.6 Å². The standard InChI is InChI=1S/C17H24FN3O3S/c18-16-7-2-1-6-15(16)14-17(22)19-8-5-11-21(13-12-19)25(23,24)20-9-3-4-10-20/h1-2,6-7H,3-5,8-14H2. The van der Waals surface area contributed by atoms with E-state index in [4.69, 9.17) is 0 Å². The smallest absolute Gasteiger partial charge is 0.282 e. The molecular weight excluding hydrogens is 345 g/mol.